The maximum absolute atomic E-state index is 12.7. The summed E-state index contributed by atoms with van der Waals surface area (Å²) in [7, 11) is 1.20. The molecule has 0 bridgehead atoms. The molecule has 1 aromatic carbocycles. The summed E-state index contributed by atoms with van der Waals surface area (Å²) >= 11 is 0. The molecule has 92 valence electrons. The SMILES string of the molecule is COc1ccc(C#CCCN)cc1C(F)(F)F. The van der Waals surface area contributed by atoms with Gasteiger partial charge in [-0.25, -0.2) is 0 Å². The Morgan fingerprint density at radius 3 is 2.59 bits per heavy atom. The lowest BCUT2D eigenvalue weighted by Crippen LogP contribution is -2.07. The third-order valence-corrected chi connectivity index (χ3v) is 2.01. The highest BCUT2D eigenvalue weighted by Gasteiger charge is 2.34. The second-order valence-corrected chi connectivity index (χ2v) is 3.25. The van der Waals surface area contributed by atoms with Gasteiger partial charge in [0.25, 0.3) is 0 Å². The average molecular weight is 243 g/mol. The minimum absolute atomic E-state index is 0.207. The van der Waals surface area contributed by atoms with Crippen LogP contribution in [0.4, 0.5) is 13.2 Å². The Labute approximate surface area is 97.6 Å². The van der Waals surface area contributed by atoms with Crippen molar-refractivity contribution in [2.75, 3.05) is 13.7 Å². The normalized spacial score (nSPS) is 10.6. The van der Waals surface area contributed by atoms with Crippen LogP contribution in [0, 0.1) is 11.8 Å². The van der Waals surface area contributed by atoms with E-state index in [0.717, 1.165) is 6.07 Å². The Morgan fingerprint density at radius 1 is 1.35 bits per heavy atom. The largest absolute Gasteiger partial charge is 0.496 e. The number of methoxy groups -OCH3 is 1. The van der Waals surface area contributed by atoms with Crippen LogP contribution in [-0.4, -0.2) is 13.7 Å². The van der Waals surface area contributed by atoms with Crippen molar-refractivity contribution in [1.29, 1.82) is 0 Å². The molecule has 17 heavy (non-hydrogen) atoms. The standard InChI is InChI=1S/C12H12F3NO/c1-17-11-6-5-9(4-2-3-7-16)8-10(11)12(13,14)15/h5-6,8H,3,7,16H2,1H3. The fourth-order valence-corrected chi connectivity index (χ4v) is 1.24. The van der Waals surface area contributed by atoms with Crippen molar-refractivity contribution >= 4 is 0 Å². The van der Waals surface area contributed by atoms with Crippen molar-refractivity contribution in [3.63, 3.8) is 0 Å². The van der Waals surface area contributed by atoms with Crippen LogP contribution in [0.25, 0.3) is 0 Å². The molecular weight excluding hydrogens is 231 g/mol. The molecule has 0 radical (unpaired) electrons. The molecule has 0 amide bonds. The summed E-state index contributed by atoms with van der Waals surface area (Å²) < 4.78 is 42.6. The zero-order valence-electron chi connectivity index (χ0n) is 9.27. The number of alkyl halides is 3. The van der Waals surface area contributed by atoms with Crippen LogP contribution in [0.2, 0.25) is 0 Å². The number of ether oxygens (including phenoxy) is 1. The Hall–Kier alpha value is -1.67. The summed E-state index contributed by atoms with van der Waals surface area (Å²) in [6.45, 7) is 0.384. The molecule has 0 aliphatic heterocycles. The average Bonchev–Trinajstić information content (AvgIpc) is 2.28. The van der Waals surface area contributed by atoms with Gasteiger partial charge in [-0.3, -0.25) is 0 Å². The zero-order valence-corrected chi connectivity index (χ0v) is 9.27. The van der Waals surface area contributed by atoms with Gasteiger partial charge < -0.3 is 10.5 Å². The van der Waals surface area contributed by atoms with Gasteiger partial charge in [0.1, 0.15) is 5.75 Å². The molecule has 0 aliphatic rings. The van der Waals surface area contributed by atoms with E-state index in [-0.39, 0.29) is 5.75 Å². The Kier molecular flexibility index (Phi) is 4.41. The minimum Gasteiger partial charge on any atom is -0.496 e. The van der Waals surface area contributed by atoms with Crippen molar-refractivity contribution in [1.82, 2.24) is 0 Å². The molecule has 0 saturated heterocycles. The minimum atomic E-state index is -4.45. The van der Waals surface area contributed by atoms with E-state index in [1.807, 2.05) is 0 Å². The number of rotatable bonds is 2. The van der Waals surface area contributed by atoms with E-state index in [2.05, 4.69) is 16.6 Å². The molecule has 0 fully saturated rings. The van der Waals surface area contributed by atoms with Crippen molar-refractivity contribution in [3.05, 3.63) is 29.3 Å². The predicted molar refractivity (Wildman–Crippen MR) is 58.5 cm³/mol. The predicted octanol–water partition coefficient (Wildman–Crippen LogP) is 2.41. The van der Waals surface area contributed by atoms with Gasteiger partial charge in [-0.15, -0.1) is 0 Å². The molecule has 0 aromatic heterocycles. The Bertz CT molecular complexity index is 443. The molecule has 2 nitrogen and oxygen atoms in total. The van der Waals surface area contributed by atoms with E-state index < -0.39 is 11.7 Å². The van der Waals surface area contributed by atoms with E-state index in [4.69, 9.17) is 5.73 Å². The quantitative estimate of drug-likeness (QED) is 0.809. The molecule has 0 atom stereocenters. The van der Waals surface area contributed by atoms with Crippen LogP contribution in [0.15, 0.2) is 18.2 Å². The number of benzene rings is 1. The smallest absolute Gasteiger partial charge is 0.420 e. The van der Waals surface area contributed by atoms with E-state index in [9.17, 15) is 13.2 Å². The van der Waals surface area contributed by atoms with Crippen LogP contribution in [-0.2, 0) is 6.18 Å². The first-order valence-electron chi connectivity index (χ1n) is 4.93. The summed E-state index contributed by atoms with van der Waals surface area (Å²) in [6, 6.07) is 3.72. The van der Waals surface area contributed by atoms with Crippen LogP contribution in [0.3, 0.4) is 0 Å². The van der Waals surface area contributed by atoms with Crippen LogP contribution in [0.5, 0.6) is 5.75 Å². The molecule has 1 rings (SSSR count). The summed E-state index contributed by atoms with van der Waals surface area (Å²) in [5, 5.41) is 0. The second-order valence-electron chi connectivity index (χ2n) is 3.25. The first-order valence-corrected chi connectivity index (χ1v) is 4.93. The van der Waals surface area contributed by atoms with E-state index in [1.165, 1.54) is 19.2 Å². The molecule has 0 aliphatic carbocycles. The topological polar surface area (TPSA) is 35.2 Å². The van der Waals surface area contributed by atoms with Crippen LogP contribution < -0.4 is 10.5 Å². The Morgan fingerprint density at radius 2 is 2.06 bits per heavy atom. The lowest BCUT2D eigenvalue weighted by molar-refractivity contribution is -0.138. The second kappa shape index (κ2) is 5.60. The summed E-state index contributed by atoms with van der Waals surface area (Å²) in [5.41, 5.74) is 4.71. The molecule has 2 N–H and O–H groups in total. The first-order chi connectivity index (χ1) is 7.99. The van der Waals surface area contributed by atoms with E-state index in [1.54, 1.807) is 0 Å². The number of nitrogens with two attached hydrogens (primary N) is 1. The fraction of sp³-hybridized carbons (Fsp3) is 0.333. The lowest BCUT2D eigenvalue weighted by Gasteiger charge is -2.11. The third kappa shape index (κ3) is 3.68. The molecule has 0 heterocycles. The molecule has 5 heteroatoms. The van der Waals surface area contributed by atoms with Crippen LogP contribution >= 0.6 is 0 Å². The van der Waals surface area contributed by atoms with Crippen molar-refractivity contribution < 1.29 is 17.9 Å². The Balaban J connectivity index is 3.11. The maximum Gasteiger partial charge on any atom is 0.420 e. The molecule has 1 aromatic rings. The van der Waals surface area contributed by atoms with Gasteiger partial charge in [0.15, 0.2) is 0 Å². The molecule has 0 saturated carbocycles. The van der Waals surface area contributed by atoms with Gasteiger partial charge in [0.05, 0.1) is 12.7 Å². The zero-order chi connectivity index (χ0) is 12.9. The lowest BCUT2D eigenvalue weighted by atomic mass is 10.1. The number of hydrogen-bond donors (Lipinski definition) is 1. The highest BCUT2D eigenvalue weighted by molar-refractivity contribution is 5.45. The number of halogens is 3. The van der Waals surface area contributed by atoms with Gasteiger partial charge in [-0.1, -0.05) is 11.8 Å². The van der Waals surface area contributed by atoms with Gasteiger partial charge >= 0.3 is 6.18 Å². The summed E-state index contributed by atoms with van der Waals surface area (Å²) in [4.78, 5) is 0. The summed E-state index contributed by atoms with van der Waals surface area (Å²) in [5.74, 6) is 5.10. The highest BCUT2D eigenvalue weighted by atomic mass is 19.4. The summed E-state index contributed by atoms with van der Waals surface area (Å²) in [6.07, 6.45) is -4.00. The van der Waals surface area contributed by atoms with Crippen molar-refractivity contribution in [3.8, 4) is 17.6 Å². The van der Waals surface area contributed by atoms with Gasteiger partial charge in [-0.2, -0.15) is 13.2 Å². The fourth-order valence-electron chi connectivity index (χ4n) is 1.24. The van der Waals surface area contributed by atoms with E-state index in [0.29, 0.717) is 18.5 Å². The van der Waals surface area contributed by atoms with Crippen molar-refractivity contribution in [2.24, 2.45) is 5.73 Å². The third-order valence-electron chi connectivity index (χ3n) is 2.01. The van der Waals surface area contributed by atoms with Gasteiger partial charge in [-0.05, 0) is 18.2 Å². The first kappa shape index (κ1) is 13.4. The molecule has 0 spiro atoms. The van der Waals surface area contributed by atoms with Gasteiger partial charge in [0, 0.05) is 18.5 Å². The molecule has 0 unspecified atom stereocenters. The maximum atomic E-state index is 12.7. The van der Waals surface area contributed by atoms with Gasteiger partial charge in [0.2, 0.25) is 0 Å². The highest BCUT2D eigenvalue weighted by Crippen LogP contribution is 2.36. The van der Waals surface area contributed by atoms with Crippen LogP contribution in [0.1, 0.15) is 17.5 Å². The number of hydrogen-bond acceptors (Lipinski definition) is 2. The monoisotopic (exact) mass is 243 g/mol. The van der Waals surface area contributed by atoms with Crippen molar-refractivity contribution in [2.45, 2.75) is 12.6 Å². The molecular formula is C12H12F3NO. The van der Waals surface area contributed by atoms with E-state index >= 15 is 0 Å².